The van der Waals surface area contributed by atoms with Crippen molar-refractivity contribution in [2.45, 2.75) is 31.9 Å². The van der Waals surface area contributed by atoms with Crippen molar-refractivity contribution in [2.24, 2.45) is 0 Å². The molecule has 0 aliphatic carbocycles. The molecule has 0 amide bonds. The highest BCUT2D eigenvalue weighted by molar-refractivity contribution is 6.30. The van der Waals surface area contributed by atoms with Gasteiger partial charge in [-0.3, -0.25) is 0 Å². The molecule has 2 N–H and O–H groups in total. The molecule has 0 saturated heterocycles. The lowest BCUT2D eigenvalue weighted by Gasteiger charge is -2.18. The van der Waals surface area contributed by atoms with Gasteiger partial charge in [-0.1, -0.05) is 71.7 Å². The molecule has 0 bridgehead atoms. The predicted octanol–water partition coefficient (Wildman–Crippen LogP) is 5.84. The van der Waals surface area contributed by atoms with Gasteiger partial charge in [0.1, 0.15) is 0 Å². The maximum atomic E-state index is 10.3. The maximum Gasteiger partial charge on any atom is 0.0914 e. The summed E-state index contributed by atoms with van der Waals surface area (Å²) < 4.78 is 0. The average molecular weight is 414 g/mol. The van der Waals surface area contributed by atoms with Crippen molar-refractivity contribution in [3.63, 3.8) is 0 Å². The molecule has 3 aromatic carbocycles. The molecule has 2 atom stereocenters. The molecule has 0 spiro atoms. The molecule has 0 radical (unpaired) electrons. The van der Waals surface area contributed by atoms with Crippen LogP contribution in [0.1, 0.15) is 35.3 Å². The van der Waals surface area contributed by atoms with Gasteiger partial charge in [0.15, 0.2) is 0 Å². The van der Waals surface area contributed by atoms with Crippen molar-refractivity contribution in [2.75, 3.05) is 6.54 Å². The van der Waals surface area contributed by atoms with Gasteiger partial charge in [0.25, 0.3) is 0 Å². The summed E-state index contributed by atoms with van der Waals surface area (Å²) in [6, 6.07) is 24.3. The monoisotopic (exact) mass is 413 g/mol. The Kier molecular flexibility index (Phi) is 7.52. The van der Waals surface area contributed by atoms with E-state index in [1.54, 1.807) is 6.07 Å². The highest BCUT2D eigenvalue weighted by Crippen LogP contribution is 2.18. The average Bonchev–Trinajstić information content (AvgIpc) is 2.69. The first-order valence-corrected chi connectivity index (χ1v) is 10.2. The van der Waals surface area contributed by atoms with Crippen molar-refractivity contribution in [1.29, 1.82) is 0 Å². The topological polar surface area (TPSA) is 32.3 Å². The SMILES string of the molecule is CC(Cc1ccc(Cc2ccc(Cl)cc2)cc1)NCC(O)c1cccc(Cl)c1. The smallest absolute Gasteiger partial charge is 0.0914 e. The van der Waals surface area contributed by atoms with E-state index in [0.29, 0.717) is 11.6 Å². The molecule has 146 valence electrons. The Hall–Kier alpha value is -1.84. The van der Waals surface area contributed by atoms with Gasteiger partial charge < -0.3 is 10.4 Å². The van der Waals surface area contributed by atoms with Gasteiger partial charge in [0.05, 0.1) is 6.10 Å². The second-order valence-electron chi connectivity index (χ2n) is 7.20. The minimum atomic E-state index is -0.567. The Morgan fingerprint density at radius 1 is 0.821 bits per heavy atom. The third-order valence-corrected chi connectivity index (χ3v) is 5.27. The van der Waals surface area contributed by atoms with Crippen LogP contribution >= 0.6 is 23.2 Å². The lowest BCUT2D eigenvalue weighted by Crippen LogP contribution is -2.32. The number of aliphatic hydroxyl groups excluding tert-OH is 1. The first-order valence-electron chi connectivity index (χ1n) is 9.49. The quantitative estimate of drug-likeness (QED) is 0.486. The van der Waals surface area contributed by atoms with E-state index in [1.807, 2.05) is 30.3 Å². The van der Waals surface area contributed by atoms with Crippen LogP contribution in [0.4, 0.5) is 0 Å². The zero-order valence-electron chi connectivity index (χ0n) is 15.9. The Labute approximate surface area is 177 Å². The molecule has 2 nitrogen and oxygen atoms in total. The van der Waals surface area contributed by atoms with Crippen molar-refractivity contribution >= 4 is 23.2 Å². The van der Waals surface area contributed by atoms with Crippen LogP contribution in [-0.4, -0.2) is 17.7 Å². The summed E-state index contributed by atoms with van der Waals surface area (Å²) in [7, 11) is 0. The van der Waals surface area contributed by atoms with Gasteiger partial charge in [-0.25, -0.2) is 0 Å². The van der Waals surface area contributed by atoms with E-state index in [4.69, 9.17) is 23.2 Å². The van der Waals surface area contributed by atoms with E-state index in [1.165, 1.54) is 16.7 Å². The summed E-state index contributed by atoms with van der Waals surface area (Å²) in [4.78, 5) is 0. The molecule has 3 aromatic rings. The second kappa shape index (κ2) is 10.1. The molecule has 0 saturated carbocycles. The van der Waals surface area contributed by atoms with E-state index < -0.39 is 6.10 Å². The molecule has 28 heavy (non-hydrogen) atoms. The highest BCUT2D eigenvalue weighted by atomic mass is 35.5. The predicted molar refractivity (Wildman–Crippen MR) is 118 cm³/mol. The Morgan fingerprint density at radius 2 is 1.43 bits per heavy atom. The van der Waals surface area contributed by atoms with Crippen LogP contribution < -0.4 is 5.32 Å². The normalized spacial score (nSPS) is 13.3. The van der Waals surface area contributed by atoms with Crippen LogP contribution in [-0.2, 0) is 12.8 Å². The summed E-state index contributed by atoms with van der Waals surface area (Å²) in [5, 5.41) is 15.1. The molecular formula is C24H25Cl2NO. The number of halogens is 2. The molecule has 0 aliphatic heterocycles. The Bertz CT molecular complexity index is 878. The zero-order chi connectivity index (χ0) is 19.9. The van der Waals surface area contributed by atoms with Gasteiger partial charge in [0.2, 0.25) is 0 Å². The van der Waals surface area contributed by atoms with E-state index in [0.717, 1.165) is 23.4 Å². The van der Waals surface area contributed by atoms with Crippen LogP contribution in [0.3, 0.4) is 0 Å². The Morgan fingerprint density at radius 3 is 2.07 bits per heavy atom. The first kappa shape index (κ1) is 20.9. The first-order chi connectivity index (χ1) is 13.5. The van der Waals surface area contributed by atoms with Gasteiger partial charge in [-0.2, -0.15) is 0 Å². The summed E-state index contributed by atoms with van der Waals surface area (Å²) in [6.07, 6.45) is 1.24. The van der Waals surface area contributed by atoms with Gasteiger partial charge in [-0.15, -0.1) is 0 Å². The summed E-state index contributed by atoms with van der Waals surface area (Å²) in [5.41, 5.74) is 4.64. The Balaban J connectivity index is 1.48. The number of benzene rings is 3. The van der Waals surface area contributed by atoms with Crippen LogP contribution in [0.25, 0.3) is 0 Å². The lowest BCUT2D eigenvalue weighted by atomic mass is 10.0. The van der Waals surface area contributed by atoms with Crippen LogP contribution in [0.5, 0.6) is 0 Å². The van der Waals surface area contributed by atoms with Crippen LogP contribution in [0.2, 0.25) is 10.0 Å². The molecule has 3 rings (SSSR count). The van der Waals surface area contributed by atoms with Gasteiger partial charge >= 0.3 is 0 Å². The largest absolute Gasteiger partial charge is 0.387 e. The molecule has 0 aromatic heterocycles. The fourth-order valence-corrected chi connectivity index (χ4v) is 3.53. The maximum absolute atomic E-state index is 10.3. The number of hydrogen-bond acceptors (Lipinski definition) is 2. The van der Waals surface area contributed by atoms with Crippen molar-refractivity contribution in [1.82, 2.24) is 5.32 Å². The number of aliphatic hydroxyl groups is 1. The van der Waals surface area contributed by atoms with Crippen molar-refractivity contribution < 1.29 is 5.11 Å². The van der Waals surface area contributed by atoms with Crippen LogP contribution in [0.15, 0.2) is 72.8 Å². The fraction of sp³-hybridized carbons (Fsp3) is 0.250. The summed E-state index contributed by atoms with van der Waals surface area (Å²) in [6.45, 7) is 2.63. The number of nitrogens with one attached hydrogen (secondary N) is 1. The number of rotatable bonds is 8. The minimum absolute atomic E-state index is 0.260. The fourth-order valence-electron chi connectivity index (χ4n) is 3.20. The van der Waals surface area contributed by atoms with Gasteiger partial charge in [-0.05, 0) is 66.3 Å². The zero-order valence-corrected chi connectivity index (χ0v) is 17.4. The highest BCUT2D eigenvalue weighted by Gasteiger charge is 2.10. The molecule has 2 unspecified atom stereocenters. The third kappa shape index (κ3) is 6.35. The van der Waals surface area contributed by atoms with Gasteiger partial charge in [0, 0.05) is 22.6 Å². The molecular weight excluding hydrogens is 389 g/mol. The molecule has 4 heteroatoms. The number of hydrogen-bond donors (Lipinski definition) is 2. The third-order valence-electron chi connectivity index (χ3n) is 4.78. The lowest BCUT2D eigenvalue weighted by molar-refractivity contribution is 0.170. The van der Waals surface area contributed by atoms with Crippen LogP contribution in [0, 0.1) is 0 Å². The standard InChI is InChI=1S/C24H25Cl2NO/c1-17(27-16-24(28)21-3-2-4-23(26)15-21)13-18-5-7-19(8-6-18)14-20-9-11-22(25)12-10-20/h2-12,15,17,24,27-28H,13-14,16H2,1H3. The molecule has 0 heterocycles. The van der Waals surface area contributed by atoms with Crippen molar-refractivity contribution in [3.05, 3.63) is 105 Å². The van der Waals surface area contributed by atoms with E-state index in [-0.39, 0.29) is 6.04 Å². The minimum Gasteiger partial charge on any atom is -0.387 e. The summed E-state index contributed by atoms with van der Waals surface area (Å²) >= 11 is 11.9. The second-order valence-corrected chi connectivity index (χ2v) is 8.08. The molecule has 0 aliphatic rings. The molecule has 0 fully saturated rings. The summed E-state index contributed by atoms with van der Waals surface area (Å²) in [5.74, 6) is 0. The van der Waals surface area contributed by atoms with Crippen molar-refractivity contribution in [3.8, 4) is 0 Å². The van der Waals surface area contributed by atoms with E-state index in [2.05, 4.69) is 48.6 Å². The van der Waals surface area contributed by atoms with E-state index in [9.17, 15) is 5.11 Å². The van der Waals surface area contributed by atoms with E-state index >= 15 is 0 Å².